The summed E-state index contributed by atoms with van der Waals surface area (Å²) in [5.41, 5.74) is 1.02. The Hall–Kier alpha value is -0.860. The van der Waals surface area contributed by atoms with E-state index in [0.29, 0.717) is 6.04 Å². The number of aliphatic hydroxyl groups excluding tert-OH is 1. The molecule has 1 aliphatic heterocycles. The number of nitrogens with zero attached hydrogens (tertiary/aromatic N) is 2. The molecule has 0 saturated carbocycles. The third kappa shape index (κ3) is 4.32. The lowest BCUT2D eigenvalue weighted by atomic mass is 10.2. The Morgan fingerprint density at radius 3 is 2.68 bits per heavy atom. The van der Waals surface area contributed by atoms with Crippen LogP contribution in [0.15, 0.2) is 11.4 Å². The van der Waals surface area contributed by atoms with E-state index in [4.69, 9.17) is 5.11 Å². The van der Waals surface area contributed by atoms with E-state index < -0.39 is 0 Å². The monoisotopic (exact) mass is 278 g/mol. The summed E-state index contributed by atoms with van der Waals surface area (Å²) in [5.74, 6) is 5.65. The smallest absolute Gasteiger partial charge is 0.104 e. The standard InChI is InChI=1S/C15H22N2OS/c1-13(2)17-7-5-16(6-8-17)11-15-10-14(12-19-15)4-3-9-18/h10,12-13,18H,5-9,11H2,1-2H3. The van der Waals surface area contributed by atoms with Crippen molar-refractivity contribution >= 4 is 11.3 Å². The maximum absolute atomic E-state index is 8.68. The van der Waals surface area contributed by atoms with Crippen LogP contribution in [-0.4, -0.2) is 53.7 Å². The molecule has 0 unspecified atom stereocenters. The van der Waals surface area contributed by atoms with E-state index in [1.807, 2.05) is 0 Å². The van der Waals surface area contributed by atoms with Gasteiger partial charge in [-0.25, -0.2) is 0 Å². The van der Waals surface area contributed by atoms with Gasteiger partial charge in [0, 0.05) is 54.6 Å². The number of aliphatic hydroxyl groups is 1. The Labute approximate surface area is 119 Å². The van der Waals surface area contributed by atoms with E-state index in [-0.39, 0.29) is 6.61 Å². The summed E-state index contributed by atoms with van der Waals surface area (Å²) in [7, 11) is 0. The lowest BCUT2D eigenvalue weighted by molar-refractivity contribution is 0.105. The molecule has 1 aromatic heterocycles. The van der Waals surface area contributed by atoms with Gasteiger partial charge in [-0.05, 0) is 19.9 Å². The van der Waals surface area contributed by atoms with Crippen LogP contribution in [0.4, 0.5) is 0 Å². The maximum atomic E-state index is 8.68. The molecule has 0 radical (unpaired) electrons. The molecule has 0 aromatic carbocycles. The minimum Gasteiger partial charge on any atom is -0.384 e. The molecule has 2 rings (SSSR count). The molecule has 104 valence electrons. The predicted molar refractivity (Wildman–Crippen MR) is 80.3 cm³/mol. The molecule has 0 atom stereocenters. The molecule has 2 heterocycles. The Balaban J connectivity index is 1.84. The first-order chi connectivity index (χ1) is 9.19. The molecule has 0 bridgehead atoms. The SMILES string of the molecule is CC(C)N1CCN(Cc2cc(C#CCO)cs2)CC1. The fourth-order valence-electron chi connectivity index (χ4n) is 2.33. The van der Waals surface area contributed by atoms with Crippen LogP contribution < -0.4 is 0 Å². The minimum atomic E-state index is -0.0671. The van der Waals surface area contributed by atoms with Gasteiger partial charge in [0.15, 0.2) is 0 Å². The van der Waals surface area contributed by atoms with Crippen LogP contribution in [0.2, 0.25) is 0 Å². The third-order valence-electron chi connectivity index (χ3n) is 3.48. The van der Waals surface area contributed by atoms with Crippen LogP contribution >= 0.6 is 11.3 Å². The molecule has 19 heavy (non-hydrogen) atoms. The fraction of sp³-hybridized carbons (Fsp3) is 0.600. The van der Waals surface area contributed by atoms with Crippen molar-refractivity contribution in [3.8, 4) is 11.8 Å². The van der Waals surface area contributed by atoms with Gasteiger partial charge in [-0.15, -0.1) is 11.3 Å². The topological polar surface area (TPSA) is 26.7 Å². The molecule has 4 heteroatoms. The summed E-state index contributed by atoms with van der Waals surface area (Å²) in [6, 6.07) is 2.80. The summed E-state index contributed by atoms with van der Waals surface area (Å²) in [5, 5.41) is 10.8. The Morgan fingerprint density at radius 1 is 1.32 bits per heavy atom. The molecule has 3 nitrogen and oxygen atoms in total. The van der Waals surface area contributed by atoms with Crippen molar-refractivity contribution in [2.24, 2.45) is 0 Å². The van der Waals surface area contributed by atoms with E-state index in [9.17, 15) is 0 Å². The highest BCUT2D eigenvalue weighted by molar-refractivity contribution is 7.10. The van der Waals surface area contributed by atoms with Crippen LogP contribution in [0.25, 0.3) is 0 Å². The lowest BCUT2D eigenvalue weighted by Gasteiger charge is -2.36. The van der Waals surface area contributed by atoms with Crippen molar-refractivity contribution in [2.45, 2.75) is 26.4 Å². The second-order valence-electron chi connectivity index (χ2n) is 5.17. The molecule has 1 aliphatic rings. The molecule has 0 aliphatic carbocycles. The molecule has 1 fully saturated rings. The number of hydrogen-bond acceptors (Lipinski definition) is 4. The zero-order valence-electron chi connectivity index (χ0n) is 11.7. The Kier molecular flexibility index (Phi) is 5.41. The van der Waals surface area contributed by atoms with Crippen molar-refractivity contribution in [3.63, 3.8) is 0 Å². The normalized spacial score (nSPS) is 17.5. The molecular weight excluding hydrogens is 256 g/mol. The van der Waals surface area contributed by atoms with Gasteiger partial charge in [-0.1, -0.05) is 11.8 Å². The first-order valence-corrected chi connectivity index (χ1v) is 7.70. The zero-order valence-corrected chi connectivity index (χ0v) is 12.5. The average Bonchev–Trinajstić information content (AvgIpc) is 2.84. The van der Waals surface area contributed by atoms with Crippen molar-refractivity contribution in [1.82, 2.24) is 9.80 Å². The van der Waals surface area contributed by atoms with Crippen molar-refractivity contribution in [2.75, 3.05) is 32.8 Å². The van der Waals surface area contributed by atoms with E-state index >= 15 is 0 Å². The molecule has 1 saturated heterocycles. The van der Waals surface area contributed by atoms with Gasteiger partial charge >= 0.3 is 0 Å². The summed E-state index contributed by atoms with van der Waals surface area (Å²) >= 11 is 1.76. The van der Waals surface area contributed by atoms with Crippen LogP contribution in [-0.2, 0) is 6.54 Å². The summed E-state index contributed by atoms with van der Waals surface area (Å²) < 4.78 is 0. The second kappa shape index (κ2) is 7.06. The predicted octanol–water partition coefficient (Wildman–Crippen LogP) is 1.62. The van der Waals surface area contributed by atoms with Crippen LogP contribution in [0, 0.1) is 11.8 Å². The van der Waals surface area contributed by atoms with Gasteiger partial charge in [0.1, 0.15) is 6.61 Å². The fourth-order valence-corrected chi connectivity index (χ4v) is 3.19. The first kappa shape index (κ1) is 14.5. The molecule has 1 aromatic rings. The van der Waals surface area contributed by atoms with Gasteiger partial charge in [-0.2, -0.15) is 0 Å². The Bertz CT molecular complexity index is 450. The van der Waals surface area contributed by atoms with E-state index in [1.54, 1.807) is 11.3 Å². The quantitative estimate of drug-likeness (QED) is 0.851. The van der Waals surface area contributed by atoms with Gasteiger partial charge in [0.05, 0.1) is 0 Å². The number of hydrogen-bond donors (Lipinski definition) is 1. The highest BCUT2D eigenvalue weighted by atomic mass is 32.1. The largest absolute Gasteiger partial charge is 0.384 e. The van der Waals surface area contributed by atoms with Crippen LogP contribution in [0.1, 0.15) is 24.3 Å². The van der Waals surface area contributed by atoms with Crippen molar-refractivity contribution in [1.29, 1.82) is 0 Å². The van der Waals surface area contributed by atoms with E-state index in [0.717, 1.165) is 25.2 Å². The van der Waals surface area contributed by atoms with Crippen molar-refractivity contribution in [3.05, 3.63) is 21.9 Å². The number of piperazine rings is 1. The number of rotatable bonds is 3. The van der Waals surface area contributed by atoms with Gasteiger partial charge in [-0.3, -0.25) is 9.80 Å². The summed E-state index contributed by atoms with van der Waals surface area (Å²) in [6.07, 6.45) is 0. The summed E-state index contributed by atoms with van der Waals surface area (Å²) in [4.78, 5) is 6.40. The number of thiophene rings is 1. The lowest BCUT2D eigenvalue weighted by Crippen LogP contribution is -2.48. The van der Waals surface area contributed by atoms with E-state index in [2.05, 4.69) is 46.9 Å². The molecule has 1 N–H and O–H groups in total. The van der Waals surface area contributed by atoms with Crippen LogP contribution in [0.3, 0.4) is 0 Å². The van der Waals surface area contributed by atoms with Gasteiger partial charge < -0.3 is 5.11 Å². The van der Waals surface area contributed by atoms with Crippen LogP contribution in [0.5, 0.6) is 0 Å². The minimum absolute atomic E-state index is 0.0671. The second-order valence-corrected chi connectivity index (χ2v) is 6.16. The third-order valence-corrected chi connectivity index (χ3v) is 4.40. The van der Waals surface area contributed by atoms with Crippen molar-refractivity contribution < 1.29 is 5.11 Å². The first-order valence-electron chi connectivity index (χ1n) is 6.82. The highest BCUT2D eigenvalue weighted by Crippen LogP contribution is 2.17. The highest BCUT2D eigenvalue weighted by Gasteiger charge is 2.18. The van der Waals surface area contributed by atoms with E-state index in [1.165, 1.54) is 18.0 Å². The summed E-state index contributed by atoms with van der Waals surface area (Å²) in [6.45, 7) is 10.1. The van der Waals surface area contributed by atoms with Gasteiger partial charge in [0.25, 0.3) is 0 Å². The molecule has 0 spiro atoms. The van der Waals surface area contributed by atoms with Gasteiger partial charge in [0.2, 0.25) is 0 Å². The zero-order chi connectivity index (χ0) is 13.7. The molecule has 0 amide bonds. The molecular formula is C15H22N2OS. The average molecular weight is 278 g/mol. The Morgan fingerprint density at radius 2 is 2.05 bits per heavy atom. The maximum Gasteiger partial charge on any atom is 0.104 e.